The summed E-state index contributed by atoms with van der Waals surface area (Å²) in [6.07, 6.45) is 1.45. The van der Waals surface area contributed by atoms with Crippen LogP contribution in [0.25, 0.3) is 0 Å². The lowest BCUT2D eigenvalue weighted by Gasteiger charge is -2.05. The second-order valence-corrected chi connectivity index (χ2v) is 5.27. The van der Waals surface area contributed by atoms with Crippen LogP contribution in [0.15, 0.2) is 53.6 Å². The highest BCUT2D eigenvalue weighted by atomic mass is 35.5. The summed E-state index contributed by atoms with van der Waals surface area (Å²) in [4.78, 5) is 23.5. The van der Waals surface area contributed by atoms with Crippen molar-refractivity contribution in [2.75, 3.05) is 6.54 Å². The highest BCUT2D eigenvalue weighted by Crippen LogP contribution is 2.11. The first kappa shape index (κ1) is 16.7. The molecule has 23 heavy (non-hydrogen) atoms. The highest BCUT2D eigenvalue weighted by molar-refractivity contribution is 6.33. The second kappa shape index (κ2) is 8.10. The first-order chi connectivity index (χ1) is 11.1. The number of carbonyl (C=O) groups is 2. The molecule has 0 atom stereocenters. The molecule has 0 aliphatic heterocycles. The Bertz CT molecular complexity index is 744. The lowest BCUT2D eigenvalue weighted by atomic mass is 10.1. The van der Waals surface area contributed by atoms with Gasteiger partial charge >= 0.3 is 0 Å². The molecule has 0 saturated heterocycles. The van der Waals surface area contributed by atoms with Crippen molar-refractivity contribution < 1.29 is 9.59 Å². The van der Waals surface area contributed by atoms with E-state index in [-0.39, 0.29) is 12.5 Å². The summed E-state index contributed by atoms with van der Waals surface area (Å²) in [6.45, 7) is 1.74. The van der Waals surface area contributed by atoms with Gasteiger partial charge in [-0.3, -0.25) is 9.59 Å². The van der Waals surface area contributed by atoms with Gasteiger partial charge in [-0.25, -0.2) is 5.43 Å². The summed E-state index contributed by atoms with van der Waals surface area (Å²) in [5.41, 5.74) is 4.52. The van der Waals surface area contributed by atoms with Crippen LogP contribution in [0.1, 0.15) is 21.5 Å². The Morgan fingerprint density at radius 1 is 1.17 bits per heavy atom. The van der Waals surface area contributed by atoms with E-state index in [1.165, 1.54) is 6.21 Å². The number of benzene rings is 2. The quantitative estimate of drug-likeness (QED) is 0.653. The summed E-state index contributed by atoms with van der Waals surface area (Å²) in [6, 6.07) is 14.3. The van der Waals surface area contributed by atoms with E-state index in [4.69, 9.17) is 11.6 Å². The molecular weight excluding hydrogens is 314 g/mol. The molecule has 2 N–H and O–H groups in total. The zero-order valence-corrected chi connectivity index (χ0v) is 13.3. The molecule has 0 spiro atoms. The average Bonchev–Trinajstić information content (AvgIpc) is 2.54. The third-order valence-electron chi connectivity index (χ3n) is 2.99. The van der Waals surface area contributed by atoms with Gasteiger partial charge in [-0.2, -0.15) is 5.10 Å². The smallest absolute Gasteiger partial charge is 0.259 e. The Labute approximate surface area is 139 Å². The fourth-order valence-corrected chi connectivity index (χ4v) is 2.03. The van der Waals surface area contributed by atoms with Crippen molar-refractivity contribution in [2.24, 2.45) is 5.10 Å². The number of nitrogens with zero attached hydrogens (tertiary/aromatic N) is 1. The minimum Gasteiger partial charge on any atom is -0.343 e. The van der Waals surface area contributed by atoms with Gasteiger partial charge in [-0.15, -0.1) is 0 Å². The number of amides is 2. The van der Waals surface area contributed by atoms with Crippen molar-refractivity contribution in [3.8, 4) is 0 Å². The maximum Gasteiger partial charge on any atom is 0.259 e. The number of halogens is 1. The predicted octanol–water partition coefficient (Wildman–Crippen LogP) is 2.53. The Hall–Kier alpha value is -2.66. The largest absolute Gasteiger partial charge is 0.343 e. The van der Waals surface area contributed by atoms with Gasteiger partial charge in [0, 0.05) is 16.1 Å². The van der Waals surface area contributed by atoms with Gasteiger partial charge in [0.2, 0.25) is 0 Å². The summed E-state index contributed by atoms with van der Waals surface area (Å²) < 4.78 is 0. The van der Waals surface area contributed by atoms with Crippen LogP contribution in [-0.2, 0) is 4.79 Å². The molecule has 6 heteroatoms. The molecule has 2 rings (SSSR count). The number of carbonyl (C=O) groups excluding carboxylic acids is 2. The molecule has 2 aromatic rings. The summed E-state index contributed by atoms with van der Waals surface area (Å²) >= 11 is 5.96. The summed E-state index contributed by atoms with van der Waals surface area (Å²) in [7, 11) is 0. The molecule has 0 aliphatic carbocycles. The van der Waals surface area contributed by atoms with Gasteiger partial charge in [0.1, 0.15) is 0 Å². The number of rotatable bonds is 5. The van der Waals surface area contributed by atoms with E-state index in [9.17, 15) is 9.59 Å². The van der Waals surface area contributed by atoms with Gasteiger partial charge in [-0.05, 0) is 25.1 Å². The van der Waals surface area contributed by atoms with Gasteiger partial charge in [0.25, 0.3) is 11.8 Å². The van der Waals surface area contributed by atoms with Crippen LogP contribution in [0.4, 0.5) is 0 Å². The number of aryl methyl sites for hydroxylation is 1. The lowest BCUT2D eigenvalue weighted by molar-refractivity contribution is -0.120. The van der Waals surface area contributed by atoms with Crippen molar-refractivity contribution >= 4 is 29.6 Å². The molecule has 0 aromatic heterocycles. The predicted molar refractivity (Wildman–Crippen MR) is 90.7 cm³/mol. The van der Waals surface area contributed by atoms with Gasteiger partial charge in [0.05, 0.1) is 12.8 Å². The molecular formula is C17H16ClN3O2. The molecule has 0 saturated carbocycles. The van der Waals surface area contributed by atoms with E-state index in [1.807, 2.05) is 19.1 Å². The Morgan fingerprint density at radius 2 is 1.96 bits per heavy atom. The number of hydrazone groups is 1. The monoisotopic (exact) mass is 329 g/mol. The van der Waals surface area contributed by atoms with Crippen molar-refractivity contribution in [2.45, 2.75) is 6.92 Å². The van der Waals surface area contributed by atoms with Crippen LogP contribution in [0.2, 0.25) is 5.02 Å². The molecule has 118 valence electrons. The van der Waals surface area contributed by atoms with Crippen molar-refractivity contribution in [3.05, 3.63) is 70.2 Å². The second-order valence-electron chi connectivity index (χ2n) is 4.87. The normalized spacial score (nSPS) is 10.5. The standard InChI is InChI=1S/C17H16ClN3O2/c1-12-5-4-7-13(9-12)17(23)19-11-16(22)21-20-10-14-6-2-3-8-15(14)18/h2-10H,11H2,1H3,(H,19,23)(H,21,22)/b20-10-. The van der Waals surface area contributed by atoms with Gasteiger partial charge in [0.15, 0.2) is 0 Å². The Kier molecular flexibility index (Phi) is 5.88. The minimum absolute atomic E-state index is 0.160. The van der Waals surface area contributed by atoms with E-state index < -0.39 is 5.91 Å². The maximum atomic E-state index is 11.9. The zero-order valence-electron chi connectivity index (χ0n) is 12.5. The Morgan fingerprint density at radius 3 is 2.70 bits per heavy atom. The zero-order chi connectivity index (χ0) is 16.7. The molecule has 5 nitrogen and oxygen atoms in total. The topological polar surface area (TPSA) is 70.6 Å². The van der Waals surface area contributed by atoms with Crippen LogP contribution in [0.5, 0.6) is 0 Å². The van der Waals surface area contributed by atoms with E-state index in [1.54, 1.807) is 36.4 Å². The third-order valence-corrected chi connectivity index (χ3v) is 3.33. The van der Waals surface area contributed by atoms with E-state index in [0.717, 1.165) is 5.56 Å². The van der Waals surface area contributed by atoms with Crippen LogP contribution in [-0.4, -0.2) is 24.6 Å². The molecule has 0 heterocycles. The molecule has 0 radical (unpaired) electrons. The van der Waals surface area contributed by atoms with E-state index >= 15 is 0 Å². The first-order valence-corrected chi connectivity index (χ1v) is 7.35. The fourth-order valence-electron chi connectivity index (χ4n) is 1.84. The molecule has 0 fully saturated rings. The van der Waals surface area contributed by atoms with Crippen molar-refractivity contribution in [3.63, 3.8) is 0 Å². The average molecular weight is 330 g/mol. The summed E-state index contributed by atoms with van der Waals surface area (Å²) in [5.74, 6) is -0.728. The SMILES string of the molecule is Cc1cccc(C(=O)NCC(=O)N/N=C\c2ccccc2Cl)c1. The van der Waals surface area contributed by atoms with E-state index in [0.29, 0.717) is 16.1 Å². The van der Waals surface area contributed by atoms with E-state index in [2.05, 4.69) is 15.8 Å². The van der Waals surface area contributed by atoms with Crippen LogP contribution in [0.3, 0.4) is 0 Å². The van der Waals surface area contributed by atoms with Crippen molar-refractivity contribution in [1.29, 1.82) is 0 Å². The van der Waals surface area contributed by atoms with Crippen LogP contribution in [0, 0.1) is 6.92 Å². The molecule has 0 unspecified atom stereocenters. The van der Waals surface area contributed by atoms with Crippen LogP contribution >= 0.6 is 11.6 Å². The van der Waals surface area contributed by atoms with Crippen LogP contribution < -0.4 is 10.7 Å². The maximum absolute atomic E-state index is 11.9. The number of hydrogen-bond donors (Lipinski definition) is 2. The number of nitrogens with one attached hydrogen (secondary N) is 2. The first-order valence-electron chi connectivity index (χ1n) is 6.97. The minimum atomic E-state index is -0.422. The molecule has 2 aromatic carbocycles. The summed E-state index contributed by atoms with van der Waals surface area (Å²) in [5, 5.41) is 6.88. The number of hydrogen-bond acceptors (Lipinski definition) is 3. The lowest BCUT2D eigenvalue weighted by Crippen LogP contribution is -2.34. The highest BCUT2D eigenvalue weighted by Gasteiger charge is 2.07. The molecule has 0 bridgehead atoms. The molecule has 0 aliphatic rings. The molecule has 2 amide bonds. The van der Waals surface area contributed by atoms with Gasteiger partial charge in [-0.1, -0.05) is 47.5 Å². The Balaban J connectivity index is 1.81. The van der Waals surface area contributed by atoms with Crippen molar-refractivity contribution in [1.82, 2.24) is 10.7 Å². The van der Waals surface area contributed by atoms with Gasteiger partial charge < -0.3 is 5.32 Å². The third kappa shape index (κ3) is 5.23. The fraction of sp³-hybridized carbons (Fsp3) is 0.118.